The van der Waals surface area contributed by atoms with Crippen molar-refractivity contribution in [2.75, 3.05) is 5.32 Å². The van der Waals surface area contributed by atoms with Gasteiger partial charge in [-0.15, -0.1) is 0 Å². The van der Waals surface area contributed by atoms with E-state index in [9.17, 15) is 9.18 Å². The predicted octanol–water partition coefficient (Wildman–Crippen LogP) is 5.20. The number of pyridine rings is 1. The van der Waals surface area contributed by atoms with Crippen LogP contribution in [-0.2, 0) is 7.05 Å². The molecule has 8 heteroatoms. The van der Waals surface area contributed by atoms with Gasteiger partial charge in [0.2, 0.25) is 5.95 Å². The van der Waals surface area contributed by atoms with Crippen LogP contribution in [-0.4, -0.2) is 26.5 Å². The molecule has 0 atom stereocenters. The lowest BCUT2D eigenvalue weighted by atomic mass is 9.75. The Morgan fingerprint density at radius 1 is 1.30 bits per heavy atom. The average Bonchev–Trinajstić information content (AvgIpc) is 3.01. The van der Waals surface area contributed by atoms with E-state index < -0.39 is 5.82 Å². The number of nitrogens with one attached hydrogen (secondary N) is 2. The second kappa shape index (κ2) is 7.87. The van der Waals surface area contributed by atoms with Crippen molar-refractivity contribution in [3.05, 3.63) is 47.0 Å². The molecular weight excluding hydrogens is 405 g/mol. The number of halogens is 2. The van der Waals surface area contributed by atoms with Gasteiger partial charge in [-0.1, -0.05) is 31.5 Å². The maximum absolute atomic E-state index is 14.1. The number of aryl methyl sites for hydroxylation is 1. The second-order valence-corrected chi connectivity index (χ2v) is 9.09. The molecule has 4 rings (SSSR count). The van der Waals surface area contributed by atoms with Crippen molar-refractivity contribution >= 4 is 40.2 Å². The van der Waals surface area contributed by atoms with E-state index in [0.29, 0.717) is 22.6 Å². The Bertz CT molecular complexity index is 1080. The Hall–Kier alpha value is -2.67. The van der Waals surface area contributed by atoms with Gasteiger partial charge in [0.1, 0.15) is 11.5 Å². The largest absolute Gasteiger partial charge is 0.348 e. The summed E-state index contributed by atoms with van der Waals surface area (Å²) < 4.78 is 15.9. The zero-order valence-electron chi connectivity index (χ0n) is 17.3. The van der Waals surface area contributed by atoms with Crippen LogP contribution < -0.4 is 10.6 Å². The average molecular weight is 430 g/mol. The first-order valence-corrected chi connectivity index (χ1v) is 10.5. The van der Waals surface area contributed by atoms with Gasteiger partial charge >= 0.3 is 0 Å². The van der Waals surface area contributed by atoms with Crippen LogP contribution in [0.3, 0.4) is 0 Å². The number of aromatic nitrogens is 3. The molecule has 1 saturated carbocycles. The normalized spacial score (nSPS) is 16.6. The van der Waals surface area contributed by atoms with Crippen LogP contribution in [0, 0.1) is 11.2 Å². The number of anilines is 2. The number of nitrogens with zero attached hydrogens (tertiary/aromatic N) is 3. The van der Waals surface area contributed by atoms with Gasteiger partial charge in [0, 0.05) is 13.1 Å². The Morgan fingerprint density at radius 3 is 2.73 bits per heavy atom. The van der Waals surface area contributed by atoms with E-state index in [1.165, 1.54) is 6.07 Å². The summed E-state index contributed by atoms with van der Waals surface area (Å²) in [7, 11) is 1.79. The smallest absolute Gasteiger partial charge is 0.270 e. The first kappa shape index (κ1) is 20.6. The zero-order chi connectivity index (χ0) is 21.5. The topological polar surface area (TPSA) is 71.8 Å². The minimum Gasteiger partial charge on any atom is -0.348 e. The number of amides is 1. The third-order valence-corrected chi connectivity index (χ3v) is 6.19. The van der Waals surface area contributed by atoms with Crippen LogP contribution in [0.2, 0.25) is 5.02 Å². The fourth-order valence-electron chi connectivity index (χ4n) is 3.86. The first-order valence-electron chi connectivity index (χ1n) is 10.1. The number of imidazole rings is 1. The maximum atomic E-state index is 14.1. The van der Waals surface area contributed by atoms with Crippen LogP contribution in [0.4, 0.5) is 16.0 Å². The van der Waals surface area contributed by atoms with Gasteiger partial charge in [-0.3, -0.25) is 4.79 Å². The van der Waals surface area contributed by atoms with Crippen LogP contribution >= 0.6 is 11.6 Å². The molecular formula is C22H25ClFN5O. The van der Waals surface area contributed by atoms with Crippen molar-refractivity contribution < 1.29 is 9.18 Å². The Balaban J connectivity index is 1.54. The third-order valence-electron chi connectivity index (χ3n) is 5.87. The van der Waals surface area contributed by atoms with Crippen LogP contribution in [0.1, 0.15) is 50.0 Å². The molecule has 2 heterocycles. The number of para-hydroxylation sites is 1. The molecule has 30 heavy (non-hydrogen) atoms. The summed E-state index contributed by atoms with van der Waals surface area (Å²) in [6.45, 7) is 4.53. The number of carbonyl (C=O) groups is 1. The van der Waals surface area contributed by atoms with Crippen molar-refractivity contribution in [2.24, 2.45) is 12.5 Å². The van der Waals surface area contributed by atoms with Crippen LogP contribution in [0.5, 0.6) is 0 Å². The van der Waals surface area contributed by atoms with Crippen molar-refractivity contribution in [1.29, 1.82) is 0 Å². The van der Waals surface area contributed by atoms with Crippen molar-refractivity contribution in [1.82, 2.24) is 19.9 Å². The number of carbonyl (C=O) groups excluding carboxylic acids is 1. The number of fused-ring (bicyclic) bond motifs is 1. The fraction of sp³-hybridized carbons (Fsp3) is 0.409. The fourth-order valence-corrected chi connectivity index (χ4v) is 4.07. The molecule has 1 aliphatic carbocycles. The van der Waals surface area contributed by atoms with Crippen molar-refractivity contribution in [3.8, 4) is 0 Å². The highest BCUT2D eigenvalue weighted by atomic mass is 35.5. The Morgan fingerprint density at radius 2 is 2.03 bits per heavy atom. The van der Waals surface area contributed by atoms with E-state index in [-0.39, 0.29) is 22.7 Å². The molecule has 3 aromatic rings. The molecule has 1 fully saturated rings. The van der Waals surface area contributed by atoms with Gasteiger partial charge in [0.15, 0.2) is 0 Å². The van der Waals surface area contributed by atoms with Crippen molar-refractivity contribution in [3.63, 3.8) is 0 Å². The highest BCUT2D eigenvalue weighted by Crippen LogP contribution is 2.35. The summed E-state index contributed by atoms with van der Waals surface area (Å²) >= 11 is 6.10. The second-order valence-electron chi connectivity index (χ2n) is 8.69. The lowest BCUT2D eigenvalue weighted by molar-refractivity contribution is 0.0904. The molecule has 6 nitrogen and oxygen atoms in total. The highest BCUT2D eigenvalue weighted by Gasteiger charge is 2.28. The minimum absolute atomic E-state index is 0.156. The molecule has 2 aromatic heterocycles. The number of hydrogen-bond acceptors (Lipinski definition) is 4. The van der Waals surface area contributed by atoms with Gasteiger partial charge in [0.25, 0.3) is 5.91 Å². The summed E-state index contributed by atoms with van der Waals surface area (Å²) in [5, 5.41) is 6.29. The molecule has 2 N–H and O–H groups in total. The number of rotatable bonds is 4. The molecule has 0 bridgehead atoms. The van der Waals surface area contributed by atoms with E-state index >= 15 is 0 Å². The summed E-state index contributed by atoms with van der Waals surface area (Å²) in [6.07, 6.45) is 5.75. The zero-order valence-corrected chi connectivity index (χ0v) is 18.1. The maximum Gasteiger partial charge on any atom is 0.270 e. The Kier molecular flexibility index (Phi) is 5.40. The summed E-state index contributed by atoms with van der Waals surface area (Å²) in [5.41, 5.74) is 2.14. The van der Waals surface area contributed by atoms with E-state index in [0.717, 1.165) is 31.2 Å². The summed E-state index contributed by atoms with van der Waals surface area (Å²) in [4.78, 5) is 21.5. The molecule has 1 amide bonds. The third kappa shape index (κ3) is 4.12. The standard InChI is InChI=1S/C22H25ClFN5O/c1-22(2)9-7-13(8-10-22)26-20(30)17-11-16-18(12-25-17)29(3)21(27-16)28-19-14(23)5-4-6-15(19)24/h4-6,11-13H,7-10H2,1-3H3,(H,26,30)(H,27,28). The van der Waals surface area contributed by atoms with E-state index in [1.54, 1.807) is 36.0 Å². The van der Waals surface area contributed by atoms with E-state index in [4.69, 9.17) is 11.6 Å². The molecule has 0 unspecified atom stereocenters. The lowest BCUT2D eigenvalue weighted by Gasteiger charge is -2.34. The van der Waals surface area contributed by atoms with Gasteiger partial charge < -0.3 is 15.2 Å². The molecule has 1 aromatic carbocycles. The molecule has 0 spiro atoms. The predicted molar refractivity (Wildman–Crippen MR) is 117 cm³/mol. The van der Waals surface area contributed by atoms with E-state index in [2.05, 4.69) is 34.4 Å². The number of hydrogen-bond donors (Lipinski definition) is 2. The lowest BCUT2D eigenvalue weighted by Crippen LogP contribution is -2.39. The quantitative estimate of drug-likeness (QED) is 0.597. The summed E-state index contributed by atoms with van der Waals surface area (Å²) in [6, 6.07) is 6.30. The van der Waals surface area contributed by atoms with Crippen LogP contribution in [0.15, 0.2) is 30.5 Å². The number of benzene rings is 1. The Labute approximate surface area is 179 Å². The van der Waals surface area contributed by atoms with Gasteiger partial charge in [0.05, 0.1) is 27.9 Å². The first-order chi connectivity index (χ1) is 14.2. The molecule has 1 aliphatic rings. The highest BCUT2D eigenvalue weighted by molar-refractivity contribution is 6.33. The molecule has 0 radical (unpaired) electrons. The van der Waals surface area contributed by atoms with Gasteiger partial charge in [-0.2, -0.15) is 0 Å². The van der Waals surface area contributed by atoms with Crippen LogP contribution in [0.25, 0.3) is 11.0 Å². The SMILES string of the molecule is Cn1c(Nc2c(F)cccc2Cl)nc2cc(C(=O)NC3CCC(C)(C)CC3)ncc21. The monoisotopic (exact) mass is 429 g/mol. The van der Waals surface area contributed by atoms with Gasteiger partial charge in [-0.25, -0.2) is 14.4 Å². The molecule has 0 aliphatic heterocycles. The van der Waals surface area contributed by atoms with E-state index in [1.807, 2.05) is 0 Å². The molecule has 0 saturated heterocycles. The molecule has 158 valence electrons. The summed E-state index contributed by atoms with van der Waals surface area (Å²) in [5.74, 6) is -0.256. The minimum atomic E-state index is -0.469. The van der Waals surface area contributed by atoms with Crippen molar-refractivity contribution in [2.45, 2.75) is 45.6 Å². The van der Waals surface area contributed by atoms with Gasteiger partial charge in [-0.05, 0) is 49.3 Å².